The van der Waals surface area contributed by atoms with Crippen LogP contribution in [-0.2, 0) is 17.6 Å². The second-order valence-electron chi connectivity index (χ2n) is 4.74. The van der Waals surface area contributed by atoms with Crippen LogP contribution in [0.1, 0.15) is 18.1 Å². The van der Waals surface area contributed by atoms with Crippen LogP contribution in [0.15, 0.2) is 42.5 Å². The van der Waals surface area contributed by atoms with Crippen molar-refractivity contribution in [2.45, 2.75) is 19.8 Å². The van der Waals surface area contributed by atoms with Gasteiger partial charge in [0.15, 0.2) is 0 Å². The zero-order valence-corrected chi connectivity index (χ0v) is 12.9. The average molecular weight is 304 g/mol. The Morgan fingerprint density at radius 2 is 2.05 bits per heavy atom. The number of aryl methyl sites for hydroxylation is 1. The van der Waals surface area contributed by atoms with Gasteiger partial charge in [-0.25, -0.2) is 0 Å². The molecule has 0 spiro atoms. The number of amides is 1. The zero-order chi connectivity index (χ0) is 15.2. The van der Waals surface area contributed by atoms with Gasteiger partial charge in [0.2, 0.25) is 5.91 Å². The predicted molar refractivity (Wildman–Crippen MR) is 86.2 cm³/mol. The fourth-order valence-corrected chi connectivity index (χ4v) is 2.33. The summed E-state index contributed by atoms with van der Waals surface area (Å²) in [4.78, 5) is 12.2. The third-order valence-electron chi connectivity index (χ3n) is 3.21. The molecule has 1 amide bonds. The van der Waals surface area contributed by atoms with E-state index in [1.807, 2.05) is 24.3 Å². The molecule has 2 aromatic rings. The van der Waals surface area contributed by atoms with Crippen molar-refractivity contribution >= 4 is 23.2 Å². The Hall–Kier alpha value is -2.00. The highest BCUT2D eigenvalue weighted by Crippen LogP contribution is 2.23. The van der Waals surface area contributed by atoms with Crippen LogP contribution in [0.2, 0.25) is 5.02 Å². The summed E-state index contributed by atoms with van der Waals surface area (Å²) >= 11 is 5.97. The van der Waals surface area contributed by atoms with E-state index in [0.29, 0.717) is 10.8 Å². The SMILES string of the molecule is CCc1cccc(NC(=O)Cc2cc(Cl)ccc2OC)c1. The van der Waals surface area contributed by atoms with Crippen LogP contribution in [0.3, 0.4) is 0 Å². The van der Waals surface area contributed by atoms with Gasteiger partial charge in [0.1, 0.15) is 5.75 Å². The molecule has 0 saturated carbocycles. The minimum atomic E-state index is -0.0937. The first-order valence-corrected chi connectivity index (χ1v) is 7.21. The van der Waals surface area contributed by atoms with E-state index in [9.17, 15) is 4.79 Å². The number of benzene rings is 2. The van der Waals surface area contributed by atoms with E-state index in [2.05, 4.69) is 12.2 Å². The van der Waals surface area contributed by atoms with Crippen molar-refractivity contribution < 1.29 is 9.53 Å². The largest absolute Gasteiger partial charge is 0.496 e. The summed E-state index contributed by atoms with van der Waals surface area (Å²) < 4.78 is 5.25. The molecule has 3 nitrogen and oxygen atoms in total. The summed E-state index contributed by atoms with van der Waals surface area (Å²) in [6, 6.07) is 13.1. The van der Waals surface area contributed by atoms with E-state index >= 15 is 0 Å². The summed E-state index contributed by atoms with van der Waals surface area (Å²) in [5.74, 6) is 0.570. The van der Waals surface area contributed by atoms with Crippen molar-refractivity contribution in [3.63, 3.8) is 0 Å². The number of carbonyl (C=O) groups excluding carboxylic acids is 1. The van der Waals surface area contributed by atoms with Crippen molar-refractivity contribution in [1.29, 1.82) is 0 Å². The molecule has 0 aliphatic rings. The molecule has 4 heteroatoms. The molecular weight excluding hydrogens is 286 g/mol. The monoisotopic (exact) mass is 303 g/mol. The molecular formula is C17H18ClNO2. The van der Waals surface area contributed by atoms with Gasteiger partial charge in [0, 0.05) is 16.3 Å². The summed E-state index contributed by atoms with van der Waals surface area (Å²) in [7, 11) is 1.58. The lowest BCUT2D eigenvalue weighted by Crippen LogP contribution is -2.15. The lowest BCUT2D eigenvalue weighted by molar-refractivity contribution is -0.115. The van der Waals surface area contributed by atoms with Crippen LogP contribution in [0.4, 0.5) is 5.69 Å². The normalized spacial score (nSPS) is 10.2. The van der Waals surface area contributed by atoms with Crippen molar-refractivity contribution in [2.24, 2.45) is 0 Å². The molecule has 0 atom stereocenters. The lowest BCUT2D eigenvalue weighted by atomic mass is 10.1. The van der Waals surface area contributed by atoms with Crippen LogP contribution in [0.25, 0.3) is 0 Å². The Balaban J connectivity index is 2.09. The van der Waals surface area contributed by atoms with Crippen LogP contribution < -0.4 is 10.1 Å². The molecule has 0 aliphatic carbocycles. The third kappa shape index (κ3) is 4.23. The number of carbonyl (C=O) groups is 1. The van der Waals surface area contributed by atoms with Gasteiger partial charge < -0.3 is 10.1 Å². The highest BCUT2D eigenvalue weighted by Gasteiger charge is 2.10. The fraction of sp³-hybridized carbons (Fsp3) is 0.235. The number of ether oxygens (including phenoxy) is 1. The van der Waals surface area contributed by atoms with E-state index in [-0.39, 0.29) is 12.3 Å². The molecule has 0 unspecified atom stereocenters. The maximum Gasteiger partial charge on any atom is 0.228 e. The van der Waals surface area contributed by atoms with E-state index in [0.717, 1.165) is 17.7 Å². The molecule has 0 fully saturated rings. The molecule has 0 aromatic heterocycles. The number of hydrogen-bond donors (Lipinski definition) is 1. The first kappa shape index (κ1) is 15.4. The Morgan fingerprint density at radius 1 is 1.24 bits per heavy atom. The second-order valence-corrected chi connectivity index (χ2v) is 5.17. The first-order chi connectivity index (χ1) is 10.1. The van der Waals surface area contributed by atoms with Gasteiger partial charge in [-0.05, 0) is 42.3 Å². The van der Waals surface area contributed by atoms with Gasteiger partial charge in [0.25, 0.3) is 0 Å². The van der Waals surface area contributed by atoms with Crippen LogP contribution in [0, 0.1) is 0 Å². The maximum atomic E-state index is 12.2. The van der Waals surface area contributed by atoms with Crippen LogP contribution in [0.5, 0.6) is 5.75 Å². The molecule has 0 saturated heterocycles. The fourth-order valence-electron chi connectivity index (χ4n) is 2.13. The van der Waals surface area contributed by atoms with Gasteiger partial charge in [-0.1, -0.05) is 30.7 Å². The van der Waals surface area contributed by atoms with Gasteiger partial charge in [0.05, 0.1) is 13.5 Å². The summed E-state index contributed by atoms with van der Waals surface area (Å²) in [5, 5.41) is 3.49. The smallest absolute Gasteiger partial charge is 0.228 e. The van der Waals surface area contributed by atoms with Gasteiger partial charge in [-0.15, -0.1) is 0 Å². The Labute approximate surface area is 129 Å². The molecule has 0 radical (unpaired) electrons. The zero-order valence-electron chi connectivity index (χ0n) is 12.2. The minimum Gasteiger partial charge on any atom is -0.496 e. The van der Waals surface area contributed by atoms with Crippen LogP contribution in [-0.4, -0.2) is 13.0 Å². The van der Waals surface area contributed by atoms with E-state index in [1.54, 1.807) is 25.3 Å². The molecule has 0 aliphatic heterocycles. The van der Waals surface area contributed by atoms with E-state index < -0.39 is 0 Å². The van der Waals surface area contributed by atoms with Gasteiger partial charge >= 0.3 is 0 Å². The molecule has 0 bridgehead atoms. The number of hydrogen-bond acceptors (Lipinski definition) is 2. The van der Waals surface area contributed by atoms with Crippen molar-refractivity contribution in [3.05, 3.63) is 58.6 Å². The quantitative estimate of drug-likeness (QED) is 0.903. The van der Waals surface area contributed by atoms with E-state index in [4.69, 9.17) is 16.3 Å². The Morgan fingerprint density at radius 3 is 2.76 bits per heavy atom. The molecule has 110 valence electrons. The van der Waals surface area contributed by atoms with Crippen molar-refractivity contribution in [1.82, 2.24) is 0 Å². The highest BCUT2D eigenvalue weighted by atomic mass is 35.5. The highest BCUT2D eigenvalue weighted by molar-refractivity contribution is 6.30. The summed E-state index contributed by atoms with van der Waals surface area (Å²) in [6.07, 6.45) is 1.16. The van der Waals surface area contributed by atoms with Gasteiger partial charge in [-0.2, -0.15) is 0 Å². The van der Waals surface area contributed by atoms with E-state index in [1.165, 1.54) is 5.56 Å². The number of halogens is 1. The Kier molecular flexibility index (Phi) is 5.23. The standard InChI is InChI=1S/C17H18ClNO2/c1-3-12-5-4-6-15(9-12)19-17(20)11-13-10-14(18)7-8-16(13)21-2/h4-10H,3,11H2,1-2H3,(H,19,20). The van der Waals surface area contributed by atoms with Crippen molar-refractivity contribution in [2.75, 3.05) is 12.4 Å². The number of nitrogens with one attached hydrogen (secondary N) is 1. The Bertz CT molecular complexity index is 640. The first-order valence-electron chi connectivity index (χ1n) is 6.83. The van der Waals surface area contributed by atoms with Gasteiger partial charge in [-0.3, -0.25) is 4.79 Å². The van der Waals surface area contributed by atoms with Crippen LogP contribution >= 0.6 is 11.6 Å². The average Bonchev–Trinajstić information content (AvgIpc) is 2.47. The number of methoxy groups -OCH3 is 1. The number of anilines is 1. The topological polar surface area (TPSA) is 38.3 Å². The molecule has 2 aromatic carbocycles. The van der Waals surface area contributed by atoms with Crippen molar-refractivity contribution in [3.8, 4) is 5.75 Å². The third-order valence-corrected chi connectivity index (χ3v) is 3.45. The molecule has 1 N–H and O–H groups in total. The predicted octanol–water partition coefficient (Wildman–Crippen LogP) is 4.09. The molecule has 21 heavy (non-hydrogen) atoms. The minimum absolute atomic E-state index is 0.0937. The molecule has 2 rings (SSSR count). The second kappa shape index (κ2) is 7.14. The summed E-state index contributed by atoms with van der Waals surface area (Å²) in [6.45, 7) is 2.08. The summed E-state index contributed by atoms with van der Waals surface area (Å²) in [5.41, 5.74) is 2.77. The number of rotatable bonds is 5. The maximum absolute atomic E-state index is 12.2. The molecule has 0 heterocycles. The lowest BCUT2D eigenvalue weighted by Gasteiger charge is -2.10.